The van der Waals surface area contributed by atoms with Gasteiger partial charge in [0.1, 0.15) is 0 Å². The van der Waals surface area contributed by atoms with Gasteiger partial charge in [0.25, 0.3) is 0 Å². The molecule has 1 fully saturated rings. The first-order valence-electron chi connectivity index (χ1n) is 8.92. The van der Waals surface area contributed by atoms with E-state index < -0.39 is 0 Å². The molecule has 3 heteroatoms. The van der Waals surface area contributed by atoms with Crippen LogP contribution in [0.25, 0.3) is 0 Å². The predicted octanol–water partition coefficient (Wildman–Crippen LogP) is 3.13. The lowest BCUT2D eigenvalue weighted by Gasteiger charge is -2.35. The van der Waals surface area contributed by atoms with E-state index in [2.05, 4.69) is 42.7 Å². The Kier molecular flexibility index (Phi) is 9.98. The molecule has 1 aliphatic rings. The molecule has 0 radical (unpaired) electrons. The molecule has 1 rings (SSSR count). The Morgan fingerprint density at radius 1 is 1.24 bits per heavy atom. The van der Waals surface area contributed by atoms with E-state index in [1.165, 1.54) is 64.6 Å². The first kappa shape index (κ1) is 18.7. The second-order valence-corrected chi connectivity index (χ2v) is 6.65. The quantitative estimate of drug-likeness (QED) is 0.493. The zero-order valence-electron chi connectivity index (χ0n) is 14.6. The molecule has 0 bridgehead atoms. The van der Waals surface area contributed by atoms with Crippen LogP contribution < -0.4 is 5.32 Å². The Hall–Kier alpha value is -0.380. The van der Waals surface area contributed by atoms with Gasteiger partial charge in [0.05, 0.1) is 0 Å². The van der Waals surface area contributed by atoms with Gasteiger partial charge in [-0.1, -0.05) is 25.8 Å². The Labute approximate surface area is 132 Å². The Morgan fingerprint density at radius 2 is 2.05 bits per heavy atom. The Balaban J connectivity index is 2.50. The minimum Gasteiger partial charge on any atom is -0.312 e. The Bertz CT molecular complexity index is 267. The van der Waals surface area contributed by atoms with E-state index >= 15 is 0 Å². The van der Waals surface area contributed by atoms with Crippen LogP contribution >= 0.6 is 0 Å². The molecule has 21 heavy (non-hydrogen) atoms. The highest BCUT2D eigenvalue weighted by molar-refractivity contribution is 4.87. The van der Waals surface area contributed by atoms with Crippen molar-refractivity contribution in [3.05, 3.63) is 12.7 Å². The minimum absolute atomic E-state index is 0.638. The summed E-state index contributed by atoms with van der Waals surface area (Å²) in [7, 11) is 4.58. The first-order valence-corrected chi connectivity index (χ1v) is 8.92. The van der Waals surface area contributed by atoms with Crippen LogP contribution in [0.4, 0.5) is 0 Å². The van der Waals surface area contributed by atoms with Crippen LogP contribution in [0, 0.1) is 0 Å². The van der Waals surface area contributed by atoms with E-state index in [1.54, 1.807) is 0 Å². The number of hydrogen-bond donors (Lipinski definition) is 1. The predicted molar refractivity (Wildman–Crippen MR) is 93.9 cm³/mol. The molecule has 124 valence electrons. The summed E-state index contributed by atoms with van der Waals surface area (Å²) in [4.78, 5) is 5.09. The molecule has 1 N–H and O–H groups in total. The van der Waals surface area contributed by atoms with Gasteiger partial charge in [0.2, 0.25) is 0 Å². The SMILES string of the molecule is C=CCCCCCC(NCCC)C1CN(C)CCCN1C. The van der Waals surface area contributed by atoms with Crippen LogP contribution in [0.3, 0.4) is 0 Å². The molecular formula is C18H37N3. The van der Waals surface area contributed by atoms with Crippen LogP contribution in [0.5, 0.6) is 0 Å². The van der Waals surface area contributed by atoms with Gasteiger partial charge in [-0.15, -0.1) is 6.58 Å². The van der Waals surface area contributed by atoms with E-state index in [-0.39, 0.29) is 0 Å². The number of nitrogens with one attached hydrogen (secondary N) is 1. The molecule has 0 aliphatic carbocycles. The minimum atomic E-state index is 0.638. The zero-order chi connectivity index (χ0) is 15.5. The van der Waals surface area contributed by atoms with Crippen molar-refractivity contribution < 1.29 is 0 Å². The molecule has 1 heterocycles. The second-order valence-electron chi connectivity index (χ2n) is 6.65. The average Bonchev–Trinajstić information content (AvgIpc) is 2.63. The van der Waals surface area contributed by atoms with E-state index in [0.29, 0.717) is 12.1 Å². The summed E-state index contributed by atoms with van der Waals surface area (Å²) in [5, 5.41) is 3.82. The van der Waals surface area contributed by atoms with Crippen molar-refractivity contribution in [3.8, 4) is 0 Å². The Morgan fingerprint density at radius 3 is 2.76 bits per heavy atom. The molecule has 2 unspecified atom stereocenters. The largest absolute Gasteiger partial charge is 0.312 e. The van der Waals surface area contributed by atoms with Gasteiger partial charge in [0, 0.05) is 18.6 Å². The molecule has 0 aromatic rings. The fourth-order valence-corrected chi connectivity index (χ4v) is 3.33. The molecule has 3 nitrogen and oxygen atoms in total. The van der Waals surface area contributed by atoms with Gasteiger partial charge in [0.15, 0.2) is 0 Å². The van der Waals surface area contributed by atoms with Gasteiger partial charge in [-0.25, -0.2) is 0 Å². The summed E-state index contributed by atoms with van der Waals surface area (Å²) < 4.78 is 0. The highest BCUT2D eigenvalue weighted by atomic mass is 15.2. The van der Waals surface area contributed by atoms with E-state index in [0.717, 1.165) is 6.54 Å². The fourth-order valence-electron chi connectivity index (χ4n) is 3.33. The lowest BCUT2D eigenvalue weighted by Crippen LogP contribution is -2.52. The summed E-state index contributed by atoms with van der Waals surface area (Å²) in [5.41, 5.74) is 0. The van der Waals surface area contributed by atoms with Crippen molar-refractivity contribution in [3.63, 3.8) is 0 Å². The maximum atomic E-state index is 3.82. The van der Waals surface area contributed by atoms with E-state index in [9.17, 15) is 0 Å². The van der Waals surface area contributed by atoms with Gasteiger partial charge in [-0.2, -0.15) is 0 Å². The van der Waals surface area contributed by atoms with Crippen LogP contribution in [-0.2, 0) is 0 Å². The highest BCUT2D eigenvalue weighted by Crippen LogP contribution is 2.16. The van der Waals surface area contributed by atoms with E-state index in [1.807, 2.05) is 6.08 Å². The van der Waals surface area contributed by atoms with Crippen LogP contribution in [0.2, 0.25) is 0 Å². The monoisotopic (exact) mass is 295 g/mol. The molecule has 1 saturated heterocycles. The fraction of sp³-hybridized carbons (Fsp3) is 0.889. The average molecular weight is 296 g/mol. The number of allylic oxidation sites excluding steroid dienone is 1. The number of unbranched alkanes of at least 4 members (excludes halogenated alkanes) is 3. The summed E-state index contributed by atoms with van der Waals surface area (Å²) in [6.07, 6.45) is 11.0. The topological polar surface area (TPSA) is 18.5 Å². The van der Waals surface area contributed by atoms with Crippen LogP contribution in [-0.4, -0.2) is 62.2 Å². The number of rotatable bonds is 10. The summed E-state index contributed by atoms with van der Waals surface area (Å²) in [5.74, 6) is 0. The van der Waals surface area contributed by atoms with Crippen molar-refractivity contribution in [1.29, 1.82) is 0 Å². The molecule has 0 aromatic carbocycles. The summed E-state index contributed by atoms with van der Waals surface area (Å²) in [6.45, 7) is 10.9. The van der Waals surface area contributed by atoms with Gasteiger partial charge >= 0.3 is 0 Å². The lowest BCUT2D eigenvalue weighted by molar-refractivity contribution is 0.170. The van der Waals surface area contributed by atoms with Crippen LogP contribution in [0.15, 0.2) is 12.7 Å². The van der Waals surface area contributed by atoms with Crippen molar-refractivity contribution >= 4 is 0 Å². The number of hydrogen-bond acceptors (Lipinski definition) is 3. The molecule has 0 amide bonds. The summed E-state index contributed by atoms with van der Waals surface area (Å²) >= 11 is 0. The maximum absolute atomic E-state index is 3.82. The number of nitrogens with zero attached hydrogens (tertiary/aromatic N) is 2. The molecule has 0 spiro atoms. The van der Waals surface area contributed by atoms with E-state index in [4.69, 9.17) is 0 Å². The third-order valence-corrected chi connectivity index (χ3v) is 4.66. The highest BCUT2D eigenvalue weighted by Gasteiger charge is 2.27. The smallest absolute Gasteiger partial charge is 0.0373 e. The summed E-state index contributed by atoms with van der Waals surface area (Å²) in [6, 6.07) is 1.29. The lowest BCUT2D eigenvalue weighted by atomic mass is 9.99. The standard InChI is InChI=1S/C18H37N3/c1-5-7-8-9-10-12-17(19-13-6-2)18-16-20(3)14-11-15-21(18)4/h5,17-19H,1,6-16H2,2-4H3. The van der Waals surface area contributed by atoms with Crippen molar-refractivity contribution in [2.75, 3.05) is 40.3 Å². The van der Waals surface area contributed by atoms with Gasteiger partial charge in [-0.3, -0.25) is 0 Å². The van der Waals surface area contributed by atoms with Gasteiger partial charge in [-0.05, 0) is 65.8 Å². The third kappa shape index (κ3) is 7.44. The van der Waals surface area contributed by atoms with Crippen molar-refractivity contribution in [2.24, 2.45) is 0 Å². The molecule has 0 aromatic heterocycles. The zero-order valence-corrected chi connectivity index (χ0v) is 14.6. The van der Waals surface area contributed by atoms with Crippen molar-refractivity contribution in [1.82, 2.24) is 15.1 Å². The maximum Gasteiger partial charge on any atom is 0.0373 e. The number of likely N-dealkylation sites (N-methyl/N-ethyl adjacent to an activating group) is 2. The third-order valence-electron chi connectivity index (χ3n) is 4.66. The molecular weight excluding hydrogens is 258 g/mol. The molecule has 2 atom stereocenters. The van der Waals surface area contributed by atoms with Gasteiger partial charge < -0.3 is 15.1 Å². The normalized spacial score (nSPS) is 22.9. The van der Waals surface area contributed by atoms with Crippen LogP contribution in [0.1, 0.15) is 51.9 Å². The molecule has 1 aliphatic heterocycles. The molecule has 0 saturated carbocycles. The second kappa shape index (κ2) is 11.2. The van der Waals surface area contributed by atoms with Crippen molar-refractivity contribution in [2.45, 2.75) is 64.0 Å². The first-order chi connectivity index (χ1) is 10.2.